The quantitative estimate of drug-likeness (QED) is 0.797. The lowest BCUT2D eigenvalue weighted by Crippen LogP contribution is -2.44. The van der Waals surface area contributed by atoms with Crippen LogP contribution in [0, 0.1) is 5.41 Å². The number of carbonyl (C=O) groups is 2. The zero-order valence-corrected chi connectivity index (χ0v) is 15.2. The molecule has 3 heterocycles. The second kappa shape index (κ2) is 7.23. The SMILES string of the molecule is CC(C)(C)C(=O)n1cc(C(=O)N2CCOCC2)c(C2CNCCN2)n1. The second-order valence-electron chi connectivity index (χ2n) is 7.54. The fourth-order valence-electron chi connectivity index (χ4n) is 3.04. The maximum Gasteiger partial charge on any atom is 0.257 e. The van der Waals surface area contributed by atoms with Crippen LogP contribution in [0.25, 0.3) is 0 Å². The molecule has 2 fully saturated rings. The van der Waals surface area contributed by atoms with Gasteiger partial charge in [0.1, 0.15) is 0 Å². The van der Waals surface area contributed by atoms with Gasteiger partial charge in [0.2, 0.25) is 0 Å². The Balaban J connectivity index is 1.94. The topological polar surface area (TPSA) is 88.5 Å². The van der Waals surface area contributed by atoms with E-state index in [4.69, 9.17) is 4.74 Å². The number of nitrogens with one attached hydrogen (secondary N) is 2. The van der Waals surface area contributed by atoms with Crippen molar-refractivity contribution in [2.24, 2.45) is 5.41 Å². The third-order valence-electron chi connectivity index (χ3n) is 4.49. The summed E-state index contributed by atoms with van der Waals surface area (Å²) in [5.74, 6) is -0.211. The van der Waals surface area contributed by atoms with Crippen molar-refractivity contribution in [3.8, 4) is 0 Å². The predicted molar refractivity (Wildman–Crippen MR) is 92.6 cm³/mol. The number of amides is 1. The Morgan fingerprint density at radius 1 is 1.24 bits per heavy atom. The summed E-state index contributed by atoms with van der Waals surface area (Å²) in [6.45, 7) is 10.1. The van der Waals surface area contributed by atoms with Gasteiger partial charge in [0.05, 0.1) is 30.5 Å². The van der Waals surface area contributed by atoms with Crippen LogP contribution in [0.3, 0.4) is 0 Å². The lowest BCUT2D eigenvalue weighted by molar-refractivity contribution is 0.0301. The molecule has 2 aliphatic heterocycles. The minimum atomic E-state index is -0.569. The van der Waals surface area contributed by atoms with E-state index in [9.17, 15) is 9.59 Å². The highest BCUT2D eigenvalue weighted by molar-refractivity contribution is 5.96. The lowest BCUT2D eigenvalue weighted by atomic mass is 9.96. The van der Waals surface area contributed by atoms with Crippen molar-refractivity contribution in [3.05, 3.63) is 17.5 Å². The van der Waals surface area contributed by atoms with Gasteiger partial charge < -0.3 is 20.3 Å². The smallest absolute Gasteiger partial charge is 0.257 e. The van der Waals surface area contributed by atoms with Crippen LogP contribution >= 0.6 is 0 Å². The molecule has 0 aromatic carbocycles. The zero-order chi connectivity index (χ0) is 18.0. The predicted octanol–water partition coefficient (Wildman–Crippen LogP) is 0.276. The normalized spacial score (nSPS) is 22.0. The van der Waals surface area contributed by atoms with Crippen molar-refractivity contribution in [1.29, 1.82) is 0 Å². The summed E-state index contributed by atoms with van der Waals surface area (Å²) in [5, 5.41) is 11.2. The Labute approximate surface area is 147 Å². The Bertz CT molecular complexity index is 637. The fraction of sp³-hybridized carbons (Fsp3) is 0.706. The van der Waals surface area contributed by atoms with Gasteiger partial charge in [-0.2, -0.15) is 5.10 Å². The first-order valence-electron chi connectivity index (χ1n) is 8.83. The van der Waals surface area contributed by atoms with Crippen molar-refractivity contribution in [2.45, 2.75) is 26.8 Å². The van der Waals surface area contributed by atoms with Crippen molar-refractivity contribution in [3.63, 3.8) is 0 Å². The molecule has 0 aliphatic carbocycles. The Morgan fingerprint density at radius 2 is 1.96 bits per heavy atom. The number of carbonyl (C=O) groups excluding carboxylic acids is 2. The molecule has 2 aliphatic rings. The maximum atomic E-state index is 13.0. The zero-order valence-electron chi connectivity index (χ0n) is 15.2. The summed E-state index contributed by atoms with van der Waals surface area (Å²) in [4.78, 5) is 27.4. The number of ether oxygens (including phenoxy) is 1. The lowest BCUT2D eigenvalue weighted by Gasteiger charge is -2.28. The molecule has 2 saturated heterocycles. The Morgan fingerprint density at radius 3 is 2.56 bits per heavy atom. The molecule has 0 spiro atoms. The number of nitrogens with zero attached hydrogens (tertiary/aromatic N) is 3. The van der Waals surface area contributed by atoms with Crippen molar-refractivity contribution < 1.29 is 14.3 Å². The molecular weight excluding hydrogens is 322 g/mol. The van der Waals surface area contributed by atoms with E-state index in [1.165, 1.54) is 4.68 Å². The minimum Gasteiger partial charge on any atom is -0.378 e. The molecule has 8 nitrogen and oxygen atoms in total. The molecule has 138 valence electrons. The summed E-state index contributed by atoms with van der Waals surface area (Å²) in [5.41, 5.74) is 0.572. The van der Waals surface area contributed by atoms with Gasteiger partial charge in [-0.05, 0) is 0 Å². The number of aromatic nitrogens is 2. The standard InChI is InChI=1S/C17H27N5O3/c1-17(2,3)16(24)22-11-12(15(23)21-6-8-25-9-7-21)14(20-22)13-10-18-4-5-19-13/h11,13,18-19H,4-10H2,1-3H3. The molecule has 0 saturated carbocycles. The highest BCUT2D eigenvalue weighted by Crippen LogP contribution is 2.23. The number of rotatable bonds is 2. The summed E-state index contributed by atoms with van der Waals surface area (Å²) in [7, 11) is 0. The molecule has 1 aromatic rings. The highest BCUT2D eigenvalue weighted by Gasteiger charge is 2.32. The molecule has 1 atom stereocenters. The fourth-order valence-corrected chi connectivity index (χ4v) is 3.04. The first-order valence-corrected chi connectivity index (χ1v) is 8.83. The third kappa shape index (κ3) is 3.91. The minimum absolute atomic E-state index is 0.0808. The first kappa shape index (κ1) is 18.0. The van der Waals surface area contributed by atoms with Crippen LogP contribution in [0.4, 0.5) is 0 Å². The van der Waals surface area contributed by atoms with Gasteiger partial charge in [0.25, 0.3) is 11.8 Å². The van der Waals surface area contributed by atoms with Crippen molar-refractivity contribution in [1.82, 2.24) is 25.3 Å². The van der Waals surface area contributed by atoms with Gasteiger partial charge >= 0.3 is 0 Å². The van der Waals surface area contributed by atoms with E-state index in [1.807, 2.05) is 20.8 Å². The van der Waals surface area contributed by atoms with Crippen LogP contribution in [0.2, 0.25) is 0 Å². The molecule has 8 heteroatoms. The van der Waals surface area contributed by atoms with Crippen LogP contribution in [0.1, 0.15) is 47.7 Å². The van der Waals surface area contributed by atoms with Gasteiger partial charge in [0.15, 0.2) is 0 Å². The summed E-state index contributed by atoms with van der Waals surface area (Å²) in [6, 6.07) is -0.0808. The van der Waals surface area contributed by atoms with Crippen molar-refractivity contribution in [2.75, 3.05) is 45.9 Å². The van der Waals surface area contributed by atoms with Crippen molar-refractivity contribution >= 4 is 11.8 Å². The van der Waals surface area contributed by atoms with E-state index in [1.54, 1.807) is 11.1 Å². The molecule has 25 heavy (non-hydrogen) atoms. The van der Waals surface area contributed by atoms with Gasteiger partial charge in [0, 0.05) is 44.3 Å². The maximum absolute atomic E-state index is 13.0. The number of piperazine rings is 1. The molecular formula is C17H27N5O3. The van der Waals surface area contributed by atoms with E-state index < -0.39 is 5.41 Å². The Kier molecular flexibility index (Phi) is 5.21. The third-order valence-corrected chi connectivity index (χ3v) is 4.49. The van der Waals surface area contributed by atoms with E-state index in [0.29, 0.717) is 44.1 Å². The van der Waals surface area contributed by atoms with E-state index in [0.717, 1.165) is 13.1 Å². The molecule has 1 unspecified atom stereocenters. The van der Waals surface area contributed by atoms with E-state index >= 15 is 0 Å². The van der Waals surface area contributed by atoms with Crippen LogP contribution in [0.5, 0.6) is 0 Å². The van der Waals surface area contributed by atoms with Gasteiger partial charge in [-0.3, -0.25) is 9.59 Å². The summed E-state index contributed by atoms with van der Waals surface area (Å²) < 4.78 is 6.66. The summed E-state index contributed by atoms with van der Waals surface area (Å²) >= 11 is 0. The van der Waals surface area contributed by atoms with Gasteiger partial charge in [-0.15, -0.1) is 0 Å². The Hall–Kier alpha value is -1.77. The molecule has 0 radical (unpaired) electrons. The molecule has 0 bridgehead atoms. The molecule has 3 rings (SSSR count). The van der Waals surface area contributed by atoms with E-state index in [2.05, 4.69) is 15.7 Å². The highest BCUT2D eigenvalue weighted by atomic mass is 16.5. The average Bonchev–Trinajstić information content (AvgIpc) is 3.06. The van der Waals surface area contributed by atoms with Gasteiger partial charge in [-0.25, -0.2) is 4.68 Å². The average molecular weight is 349 g/mol. The number of hydrogen-bond acceptors (Lipinski definition) is 6. The first-order chi connectivity index (χ1) is 11.9. The number of hydrogen-bond donors (Lipinski definition) is 2. The van der Waals surface area contributed by atoms with Crippen LogP contribution in [-0.2, 0) is 4.74 Å². The largest absolute Gasteiger partial charge is 0.378 e. The monoisotopic (exact) mass is 349 g/mol. The van der Waals surface area contributed by atoms with Crippen LogP contribution < -0.4 is 10.6 Å². The molecule has 1 aromatic heterocycles. The molecule has 1 amide bonds. The van der Waals surface area contributed by atoms with Crippen LogP contribution in [-0.4, -0.2) is 72.4 Å². The second-order valence-corrected chi connectivity index (χ2v) is 7.54. The molecule has 2 N–H and O–H groups in total. The summed E-state index contributed by atoms with van der Waals surface area (Å²) in [6.07, 6.45) is 1.59. The van der Waals surface area contributed by atoms with Gasteiger partial charge in [-0.1, -0.05) is 20.8 Å². The van der Waals surface area contributed by atoms with Crippen LogP contribution in [0.15, 0.2) is 6.20 Å². The van der Waals surface area contributed by atoms with E-state index in [-0.39, 0.29) is 17.9 Å². The number of morpholine rings is 1.